The first-order valence-corrected chi connectivity index (χ1v) is 7.50. The van der Waals surface area contributed by atoms with E-state index in [0.717, 1.165) is 0 Å². The second kappa shape index (κ2) is 6.25. The van der Waals surface area contributed by atoms with Gasteiger partial charge < -0.3 is 14.9 Å². The summed E-state index contributed by atoms with van der Waals surface area (Å²) in [5, 5.41) is 19.2. The first kappa shape index (κ1) is 15.5. The predicted octanol–water partition coefficient (Wildman–Crippen LogP) is 2.94. The Balaban J connectivity index is 2.38. The highest BCUT2D eigenvalue weighted by Gasteiger charge is 2.37. The lowest BCUT2D eigenvalue weighted by Crippen LogP contribution is -2.38. The maximum Gasteiger partial charge on any atom is 0.0853 e. The van der Waals surface area contributed by atoms with Gasteiger partial charge in [0, 0.05) is 24.9 Å². The number of hydrogen-bond acceptors (Lipinski definition) is 3. The molecule has 1 aliphatic heterocycles. The van der Waals surface area contributed by atoms with Crippen LogP contribution in [0.15, 0.2) is 18.2 Å². The van der Waals surface area contributed by atoms with Gasteiger partial charge in [0.15, 0.2) is 0 Å². The Morgan fingerprint density at radius 2 is 1.95 bits per heavy atom. The first-order chi connectivity index (χ1) is 9.45. The van der Waals surface area contributed by atoms with Gasteiger partial charge in [-0.15, -0.1) is 0 Å². The van der Waals surface area contributed by atoms with Crippen LogP contribution in [0.3, 0.4) is 0 Å². The summed E-state index contributed by atoms with van der Waals surface area (Å²) in [5.74, 6) is 0.325. The summed E-state index contributed by atoms with van der Waals surface area (Å²) in [4.78, 5) is 0. The van der Waals surface area contributed by atoms with Crippen molar-refractivity contribution >= 4 is 0 Å². The molecule has 1 aliphatic rings. The van der Waals surface area contributed by atoms with E-state index < -0.39 is 6.10 Å². The van der Waals surface area contributed by atoms with Gasteiger partial charge in [0.1, 0.15) is 0 Å². The summed E-state index contributed by atoms with van der Waals surface area (Å²) in [6, 6.07) is 6.46. The number of benzene rings is 1. The lowest BCUT2D eigenvalue weighted by Gasteiger charge is -2.40. The van der Waals surface area contributed by atoms with Crippen molar-refractivity contribution in [2.45, 2.75) is 58.3 Å². The molecule has 0 radical (unpaired) electrons. The quantitative estimate of drug-likeness (QED) is 0.890. The molecule has 2 rings (SSSR count). The van der Waals surface area contributed by atoms with Crippen LogP contribution in [0.2, 0.25) is 0 Å². The molecule has 3 heteroatoms. The van der Waals surface area contributed by atoms with Crippen molar-refractivity contribution in [3.63, 3.8) is 0 Å². The molecule has 112 valence electrons. The minimum atomic E-state index is -0.399. The monoisotopic (exact) mass is 278 g/mol. The average Bonchev–Trinajstić information content (AvgIpc) is 2.41. The number of fused-ring (bicyclic) bond motifs is 1. The summed E-state index contributed by atoms with van der Waals surface area (Å²) in [5.41, 5.74) is 3.70. The van der Waals surface area contributed by atoms with Crippen LogP contribution in [0.25, 0.3) is 0 Å². The lowest BCUT2D eigenvalue weighted by molar-refractivity contribution is -0.0948. The highest BCUT2D eigenvalue weighted by atomic mass is 16.5. The van der Waals surface area contributed by atoms with E-state index in [1.807, 2.05) is 13.8 Å². The molecule has 0 aromatic heterocycles. The zero-order chi connectivity index (χ0) is 14.9. The molecule has 0 fully saturated rings. The Kier molecular flexibility index (Phi) is 4.84. The highest BCUT2D eigenvalue weighted by Crippen LogP contribution is 2.42. The molecule has 0 saturated heterocycles. The third-order valence-corrected chi connectivity index (χ3v) is 4.56. The van der Waals surface area contributed by atoms with E-state index in [9.17, 15) is 10.2 Å². The van der Waals surface area contributed by atoms with Crippen molar-refractivity contribution in [2.24, 2.45) is 5.92 Å². The maximum atomic E-state index is 9.87. The van der Waals surface area contributed by atoms with E-state index in [4.69, 9.17) is 4.74 Å². The number of hydrogen-bond donors (Lipinski definition) is 2. The summed E-state index contributed by atoms with van der Waals surface area (Å²) < 4.78 is 6.22. The zero-order valence-corrected chi connectivity index (χ0v) is 12.8. The molecule has 0 unspecified atom stereocenters. The number of aliphatic hydroxyl groups excluding tert-OH is 2. The Morgan fingerprint density at radius 1 is 1.25 bits per heavy atom. The van der Waals surface area contributed by atoms with Gasteiger partial charge in [-0.2, -0.15) is 0 Å². The van der Waals surface area contributed by atoms with Crippen molar-refractivity contribution in [1.82, 2.24) is 0 Å². The van der Waals surface area contributed by atoms with Gasteiger partial charge in [-0.25, -0.2) is 0 Å². The molecule has 5 atom stereocenters. The molecule has 1 aromatic carbocycles. The van der Waals surface area contributed by atoms with Crippen LogP contribution in [-0.2, 0) is 4.74 Å². The summed E-state index contributed by atoms with van der Waals surface area (Å²) in [6.07, 6.45) is 0.120. The van der Waals surface area contributed by atoms with Crippen molar-refractivity contribution in [3.05, 3.63) is 34.9 Å². The van der Waals surface area contributed by atoms with Gasteiger partial charge in [-0.3, -0.25) is 0 Å². The Labute approximate surface area is 121 Å². The van der Waals surface area contributed by atoms with Crippen molar-refractivity contribution in [3.8, 4) is 0 Å². The van der Waals surface area contributed by atoms with E-state index in [1.54, 1.807) is 0 Å². The topological polar surface area (TPSA) is 49.7 Å². The van der Waals surface area contributed by atoms with E-state index in [-0.39, 0.29) is 30.7 Å². The fourth-order valence-corrected chi connectivity index (χ4v) is 3.14. The van der Waals surface area contributed by atoms with Gasteiger partial charge in [0.05, 0.1) is 18.3 Å². The summed E-state index contributed by atoms with van der Waals surface area (Å²) >= 11 is 0. The van der Waals surface area contributed by atoms with E-state index in [2.05, 4.69) is 32.0 Å². The molecular formula is C17H26O3. The second-order valence-electron chi connectivity index (χ2n) is 6.12. The Bertz CT molecular complexity index is 456. The number of rotatable bonds is 4. The van der Waals surface area contributed by atoms with Crippen molar-refractivity contribution in [1.29, 1.82) is 0 Å². The molecule has 3 nitrogen and oxygen atoms in total. The Morgan fingerprint density at radius 3 is 2.55 bits per heavy atom. The third-order valence-electron chi connectivity index (χ3n) is 4.56. The van der Waals surface area contributed by atoms with Crippen LogP contribution in [0.1, 0.15) is 55.9 Å². The van der Waals surface area contributed by atoms with E-state index >= 15 is 0 Å². The van der Waals surface area contributed by atoms with Gasteiger partial charge in [-0.05, 0) is 25.0 Å². The molecule has 1 aromatic rings. The molecule has 0 amide bonds. The minimum Gasteiger partial charge on any atom is -0.396 e. The molecule has 1 heterocycles. The smallest absolute Gasteiger partial charge is 0.0853 e. The normalized spacial score (nSPS) is 28.8. The highest BCUT2D eigenvalue weighted by molar-refractivity contribution is 5.38. The first-order valence-electron chi connectivity index (χ1n) is 7.50. The van der Waals surface area contributed by atoms with Crippen LogP contribution in [-0.4, -0.2) is 29.0 Å². The molecule has 0 bridgehead atoms. The number of aliphatic hydroxyl groups is 2. The molecule has 2 N–H and O–H groups in total. The summed E-state index contributed by atoms with van der Waals surface area (Å²) in [6.45, 7) is 8.19. The molecule has 20 heavy (non-hydrogen) atoms. The molecular weight excluding hydrogens is 252 g/mol. The van der Waals surface area contributed by atoms with Gasteiger partial charge in [-0.1, -0.05) is 37.6 Å². The molecule has 0 spiro atoms. The van der Waals surface area contributed by atoms with Crippen LogP contribution >= 0.6 is 0 Å². The van der Waals surface area contributed by atoms with Gasteiger partial charge in [0.25, 0.3) is 0 Å². The predicted molar refractivity (Wildman–Crippen MR) is 79.8 cm³/mol. The standard InChI is InChI=1S/C17H26O3/c1-10-5-6-14-12(3)17(11(2)13(4)19)20-16(7-8-18)15(14)9-10/h5-6,9,11-13,16-19H,7-8H2,1-4H3/t11-,12-,13+,16+,17-/m0/s1. The third kappa shape index (κ3) is 2.90. The molecule has 0 saturated carbocycles. The van der Waals surface area contributed by atoms with Crippen LogP contribution in [0, 0.1) is 12.8 Å². The van der Waals surface area contributed by atoms with Crippen LogP contribution in [0.5, 0.6) is 0 Å². The van der Waals surface area contributed by atoms with Crippen molar-refractivity contribution < 1.29 is 14.9 Å². The van der Waals surface area contributed by atoms with Gasteiger partial charge in [0.2, 0.25) is 0 Å². The number of ether oxygens (including phenoxy) is 1. The second-order valence-corrected chi connectivity index (χ2v) is 6.12. The largest absolute Gasteiger partial charge is 0.396 e. The Hall–Kier alpha value is -0.900. The van der Waals surface area contributed by atoms with Crippen LogP contribution < -0.4 is 0 Å². The van der Waals surface area contributed by atoms with E-state index in [1.165, 1.54) is 16.7 Å². The van der Waals surface area contributed by atoms with E-state index in [0.29, 0.717) is 6.42 Å². The lowest BCUT2D eigenvalue weighted by atomic mass is 9.79. The SMILES string of the molecule is Cc1ccc2c(c1)[C@@H](CCO)O[C@@H]([C@@H](C)[C@@H](C)O)[C@H]2C. The van der Waals surface area contributed by atoms with Crippen LogP contribution in [0.4, 0.5) is 0 Å². The number of aryl methyl sites for hydroxylation is 1. The average molecular weight is 278 g/mol. The maximum absolute atomic E-state index is 9.87. The van der Waals surface area contributed by atoms with Gasteiger partial charge >= 0.3 is 0 Å². The van der Waals surface area contributed by atoms with Crippen molar-refractivity contribution in [2.75, 3.05) is 6.61 Å². The minimum absolute atomic E-state index is 0.0123. The molecule has 0 aliphatic carbocycles. The zero-order valence-electron chi connectivity index (χ0n) is 12.8. The fraction of sp³-hybridized carbons (Fsp3) is 0.647. The fourth-order valence-electron chi connectivity index (χ4n) is 3.14. The summed E-state index contributed by atoms with van der Waals surface area (Å²) in [7, 11) is 0.